The number of piperidine rings is 1. The van der Waals surface area contributed by atoms with Crippen LogP contribution in [-0.4, -0.2) is 64.8 Å². The van der Waals surface area contributed by atoms with Gasteiger partial charge in [-0.2, -0.15) is 0 Å². The fraction of sp³-hybridized carbons (Fsp3) is 0.588. The molecule has 1 aliphatic heterocycles. The van der Waals surface area contributed by atoms with Crippen molar-refractivity contribution in [2.75, 3.05) is 37.7 Å². The number of ether oxygens (including phenoxy) is 1. The largest absolute Gasteiger partial charge is 0.481 e. The Labute approximate surface area is 150 Å². The number of likely N-dealkylation sites (tertiary alicyclic amines) is 1. The number of hydrogen-bond acceptors (Lipinski definition) is 5. The highest BCUT2D eigenvalue weighted by Crippen LogP contribution is 2.21. The summed E-state index contributed by atoms with van der Waals surface area (Å²) in [6.07, 6.45) is 2.42. The number of anilines is 1. The second kappa shape index (κ2) is 8.05. The maximum Gasteiger partial charge on any atom is 0.260 e. The van der Waals surface area contributed by atoms with Gasteiger partial charge in [-0.15, -0.1) is 0 Å². The summed E-state index contributed by atoms with van der Waals surface area (Å²) < 4.78 is 29.9. The van der Waals surface area contributed by atoms with Crippen molar-refractivity contribution in [3.8, 4) is 5.75 Å². The predicted octanol–water partition coefficient (Wildman–Crippen LogP) is 1.06. The molecule has 1 heterocycles. The number of amides is 1. The van der Waals surface area contributed by atoms with Crippen LogP contribution in [0.1, 0.15) is 19.8 Å². The molecule has 1 N–H and O–H groups in total. The smallest absolute Gasteiger partial charge is 0.260 e. The van der Waals surface area contributed by atoms with Gasteiger partial charge in [0, 0.05) is 13.1 Å². The van der Waals surface area contributed by atoms with Gasteiger partial charge in [-0.1, -0.05) is 0 Å². The maximum absolute atomic E-state index is 12.3. The van der Waals surface area contributed by atoms with Gasteiger partial charge in [0.1, 0.15) is 5.75 Å². The van der Waals surface area contributed by atoms with E-state index in [1.165, 1.54) is 11.4 Å². The number of hydrogen-bond donors (Lipinski definition) is 1. The molecular weight excluding hydrogens is 342 g/mol. The highest BCUT2D eigenvalue weighted by atomic mass is 32.2. The van der Waals surface area contributed by atoms with Gasteiger partial charge in [0.25, 0.3) is 5.91 Å². The molecule has 0 spiro atoms. The molecule has 1 unspecified atom stereocenters. The number of carbonyl (C=O) groups is 1. The van der Waals surface area contributed by atoms with Crippen LogP contribution >= 0.6 is 0 Å². The molecule has 1 aromatic rings. The van der Waals surface area contributed by atoms with E-state index >= 15 is 0 Å². The fourth-order valence-corrected chi connectivity index (χ4v) is 3.16. The lowest BCUT2D eigenvalue weighted by Gasteiger charge is -2.30. The van der Waals surface area contributed by atoms with E-state index in [4.69, 9.17) is 4.74 Å². The van der Waals surface area contributed by atoms with Crippen molar-refractivity contribution in [1.29, 1.82) is 0 Å². The molecule has 25 heavy (non-hydrogen) atoms. The van der Waals surface area contributed by atoms with Crippen LogP contribution in [0, 0.1) is 0 Å². The lowest BCUT2D eigenvalue weighted by Crippen LogP contribution is -2.47. The molecular formula is C17H27N3O4S. The van der Waals surface area contributed by atoms with E-state index in [0.717, 1.165) is 32.2 Å². The lowest BCUT2D eigenvalue weighted by atomic mass is 10.1. The first-order valence-electron chi connectivity index (χ1n) is 8.36. The van der Waals surface area contributed by atoms with Crippen LogP contribution in [0.15, 0.2) is 24.3 Å². The molecule has 0 bridgehead atoms. The summed E-state index contributed by atoms with van der Waals surface area (Å²) in [5.74, 6) is 0.392. The third-order valence-corrected chi connectivity index (χ3v) is 5.65. The molecule has 2 rings (SSSR count). The van der Waals surface area contributed by atoms with Crippen molar-refractivity contribution >= 4 is 21.6 Å². The molecule has 0 saturated carbocycles. The zero-order valence-corrected chi connectivity index (χ0v) is 16.0. The van der Waals surface area contributed by atoms with Gasteiger partial charge in [-0.3, -0.25) is 9.10 Å². The average Bonchev–Trinajstić information content (AvgIpc) is 2.56. The van der Waals surface area contributed by atoms with Gasteiger partial charge < -0.3 is 15.0 Å². The van der Waals surface area contributed by atoms with Crippen LogP contribution in [-0.2, 0) is 14.8 Å². The number of nitrogens with one attached hydrogen (secondary N) is 1. The fourth-order valence-electron chi connectivity index (χ4n) is 2.66. The zero-order valence-electron chi connectivity index (χ0n) is 15.2. The third kappa shape index (κ3) is 5.61. The number of sulfonamides is 1. The van der Waals surface area contributed by atoms with E-state index < -0.39 is 16.1 Å². The third-order valence-electron chi connectivity index (χ3n) is 4.44. The Morgan fingerprint density at radius 3 is 2.36 bits per heavy atom. The Morgan fingerprint density at radius 1 is 1.28 bits per heavy atom. The van der Waals surface area contributed by atoms with E-state index in [1.54, 1.807) is 31.2 Å². The highest BCUT2D eigenvalue weighted by Gasteiger charge is 2.22. The SMILES string of the molecule is CC(Oc1ccc(N(C)S(C)(=O)=O)cc1)C(=O)NC1CCN(C)CC1. The molecule has 1 atom stereocenters. The van der Waals surface area contributed by atoms with Crippen LogP contribution < -0.4 is 14.4 Å². The maximum atomic E-state index is 12.3. The second-order valence-electron chi connectivity index (χ2n) is 6.57. The molecule has 0 aliphatic carbocycles. The van der Waals surface area contributed by atoms with Crippen molar-refractivity contribution in [3.05, 3.63) is 24.3 Å². The van der Waals surface area contributed by atoms with Crippen molar-refractivity contribution in [2.45, 2.75) is 31.9 Å². The minimum Gasteiger partial charge on any atom is -0.481 e. The first-order valence-corrected chi connectivity index (χ1v) is 10.2. The summed E-state index contributed by atoms with van der Waals surface area (Å²) in [5, 5.41) is 3.03. The molecule has 7 nitrogen and oxygen atoms in total. The minimum absolute atomic E-state index is 0.133. The molecule has 1 saturated heterocycles. The monoisotopic (exact) mass is 369 g/mol. The topological polar surface area (TPSA) is 78.9 Å². The quantitative estimate of drug-likeness (QED) is 0.811. The van der Waals surface area contributed by atoms with E-state index in [-0.39, 0.29) is 11.9 Å². The molecule has 1 amide bonds. The Bertz CT molecular complexity index is 682. The standard InChI is InChI=1S/C17H27N3O4S/c1-13(17(21)18-14-9-11-19(2)12-10-14)24-16-7-5-15(6-8-16)20(3)25(4,22)23/h5-8,13-14H,9-12H2,1-4H3,(H,18,21). The summed E-state index contributed by atoms with van der Waals surface area (Å²) in [4.78, 5) is 14.5. The highest BCUT2D eigenvalue weighted by molar-refractivity contribution is 7.92. The van der Waals surface area contributed by atoms with Crippen molar-refractivity contribution in [2.24, 2.45) is 0 Å². The van der Waals surface area contributed by atoms with Gasteiger partial charge in [0.2, 0.25) is 10.0 Å². The molecule has 1 aromatic carbocycles. The average molecular weight is 369 g/mol. The molecule has 0 radical (unpaired) electrons. The van der Waals surface area contributed by atoms with Crippen LogP contribution in [0.3, 0.4) is 0 Å². The molecule has 1 fully saturated rings. The van der Waals surface area contributed by atoms with E-state index in [9.17, 15) is 13.2 Å². The van der Waals surface area contributed by atoms with Crippen LogP contribution in [0.5, 0.6) is 5.75 Å². The predicted molar refractivity (Wildman–Crippen MR) is 98.4 cm³/mol. The number of nitrogens with zero attached hydrogens (tertiary/aromatic N) is 2. The summed E-state index contributed by atoms with van der Waals surface area (Å²) in [5.41, 5.74) is 0.540. The van der Waals surface area contributed by atoms with Gasteiger partial charge >= 0.3 is 0 Å². The lowest BCUT2D eigenvalue weighted by molar-refractivity contribution is -0.128. The first-order chi connectivity index (χ1) is 11.7. The molecule has 0 aromatic heterocycles. The molecule has 140 valence electrons. The van der Waals surface area contributed by atoms with Crippen molar-refractivity contribution in [3.63, 3.8) is 0 Å². The first kappa shape index (κ1) is 19.5. The van der Waals surface area contributed by atoms with Gasteiger partial charge in [-0.05, 0) is 64.2 Å². The summed E-state index contributed by atoms with van der Waals surface area (Å²) >= 11 is 0. The van der Waals surface area contributed by atoms with E-state index in [1.807, 2.05) is 0 Å². The van der Waals surface area contributed by atoms with Crippen molar-refractivity contribution in [1.82, 2.24) is 10.2 Å². The Balaban J connectivity index is 1.89. The number of benzene rings is 1. The summed E-state index contributed by atoms with van der Waals surface area (Å²) in [7, 11) is 0.266. The Kier molecular flexibility index (Phi) is 6.29. The number of carbonyl (C=O) groups excluding carboxylic acids is 1. The van der Waals surface area contributed by atoms with Gasteiger partial charge in [0.05, 0.1) is 11.9 Å². The van der Waals surface area contributed by atoms with Gasteiger partial charge in [0.15, 0.2) is 6.10 Å². The normalized spacial score (nSPS) is 17.8. The van der Waals surface area contributed by atoms with Crippen LogP contribution in [0.2, 0.25) is 0 Å². The molecule has 8 heteroatoms. The Hall–Kier alpha value is -1.80. The van der Waals surface area contributed by atoms with Crippen LogP contribution in [0.25, 0.3) is 0 Å². The number of rotatable bonds is 6. The van der Waals surface area contributed by atoms with Crippen LogP contribution in [0.4, 0.5) is 5.69 Å². The Morgan fingerprint density at radius 2 is 1.84 bits per heavy atom. The van der Waals surface area contributed by atoms with Gasteiger partial charge in [-0.25, -0.2) is 8.42 Å². The van der Waals surface area contributed by atoms with E-state index in [2.05, 4.69) is 17.3 Å². The van der Waals surface area contributed by atoms with E-state index in [0.29, 0.717) is 11.4 Å². The minimum atomic E-state index is -3.30. The van der Waals surface area contributed by atoms with Crippen molar-refractivity contribution < 1.29 is 17.9 Å². The summed E-state index contributed by atoms with van der Waals surface area (Å²) in [6.45, 7) is 3.67. The zero-order chi connectivity index (χ0) is 18.6. The summed E-state index contributed by atoms with van der Waals surface area (Å²) in [6, 6.07) is 6.82. The molecule has 1 aliphatic rings. The second-order valence-corrected chi connectivity index (χ2v) is 8.58.